The Morgan fingerprint density at radius 1 is 0.926 bits per heavy atom. The zero-order valence-corrected chi connectivity index (χ0v) is 17.1. The van der Waals surface area contributed by atoms with Crippen molar-refractivity contribution in [3.05, 3.63) is 73.2 Å². The van der Waals surface area contributed by atoms with Gasteiger partial charge in [-0.3, -0.25) is 0 Å². The van der Waals surface area contributed by atoms with Crippen LogP contribution in [0.15, 0.2) is 36.4 Å². The number of aromatic hydroxyl groups is 1. The maximum atomic E-state index is 10.0. The summed E-state index contributed by atoms with van der Waals surface area (Å²) >= 11 is 25.2. The Bertz CT molecular complexity index is 1020. The number of phenols is 1. The number of hydrogen-bond acceptors (Lipinski definition) is 3. The van der Waals surface area contributed by atoms with E-state index in [-0.39, 0.29) is 25.8 Å². The fourth-order valence-corrected chi connectivity index (χ4v) is 4.51. The van der Waals surface area contributed by atoms with Crippen molar-refractivity contribution in [3.63, 3.8) is 0 Å². The van der Waals surface area contributed by atoms with Crippen LogP contribution in [0.4, 0.5) is 0 Å². The van der Waals surface area contributed by atoms with Crippen LogP contribution in [0, 0.1) is 0 Å². The lowest BCUT2D eigenvalue weighted by Gasteiger charge is -2.33. The minimum Gasteiger partial charge on any atom is -0.505 e. The summed E-state index contributed by atoms with van der Waals surface area (Å²) in [6.45, 7) is 2.36. The fourth-order valence-electron chi connectivity index (χ4n) is 3.46. The van der Waals surface area contributed by atoms with E-state index in [1.807, 2.05) is 43.3 Å². The minimum atomic E-state index is -0.657. The first-order valence-electron chi connectivity index (χ1n) is 8.29. The van der Waals surface area contributed by atoms with Crippen LogP contribution < -0.4 is 0 Å². The van der Waals surface area contributed by atoms with Gasteiger partial charge in [0.15, 0.2) is 12.0 Å². The Kier molecular flexibility index (Phi) is 5.19. The van der Waals surface area contributed by atoms with E-state index in [1.165, 1.54) is 0 Å². The molecule has 27 heavy (non-hydrogen) atoms. The molecule has 140 valence electrons. The van der Waals surface area contributed by atoms with Crippen molar-refractivity contribution in [2.24, 2.45) is 0 Å². The largest absolute Gasteiger partial charge is 0.505 e. The molecule has 0 spiro atoms. The lowest BCUT2D eigenvalue weighted by Crippen LogP contribution is -2.21. The molecule has 0 saturated heterocycles. The lowest BCUT2D eigenvalue weighted by molar-refractivity contribution is -0.167. The van der Waals surface area contributed by atoms with Crippen molar-refractivity contribution < 1.29 is 14.6 Å². The van der Waals surface area contributed by atoms with Crippen molar-refractivity contribution >= 4 is 57.2 Å². The molecule has 1 aliphatic rings. The summed E-state index contributed by atoms with van der Waals surface area (Å²) < 4.78 is 12.1. The number of ether oxygens (including phenoxy) is 2. The van der Waals surface area contributed by atoms with Gasteiger partial charge in [0.05, 0.1) is 10.0 Å². The zero-order chi connectivity index (χ0) is 19.3. The molecule has 0 amide bonds. The molecular weight excluding hydrogens is 430 g/mol. The Morgan fingerprint density at radius 2 is 1.52 bits per heavy atom. The van der Waals surface area contributed by atoms with Crippen molar-refractivity contribution in [2.45, 2.75) is 19.3 Å². The molecule has 0 saturated carbocycles. The number of hydrogen-bond donors (Lipinski definition) is 1. The van der Waals surface area contributed by atoms with Gasteiger partial charge in [0.1, 0.15) is 16.1 Å². The van der Waals surface area contributed by atoms with E-state index in [2.05, 4.69) is 0 Å². The molecular formula is C20H14Cl4O3. The predicted molar refractivity (Wildman–Crippen MR) is 109 cm³/mol. The quantitative estimate of drug-likeness (QED) is 0.431. The van der Waals surface area contributed by atoms with Crippen LogP contribution in [0.2, 0.25) is 20.1 Å². The van der Waals surface area contributed by atoms with Gasteiger partial charge in [0, 0.05) is 17.7 Å². The highest BCUT2D eigenvalue weighted by atomic mass is 35.5. The molecule has 0 radical (unpaired) electrons. The number of phenolic OH excluding ortho intramolecular Hbond substituents is 1. The molecule has 4 rings (SSSR count). The molecule has 7 heteroatoms. The number of halogens is 4. The van der Waals surface area contributed by atoms with Gasteiger partial charge in [0.25, 0.3) is 0 Å². The molecule has 0 unspecified atom stereocenters. The van der Waals surface area contributed by atoms with Crippen LogP contribution >= 0.6 is 46.4 Å². The van der Waals surface area contributed by atoms with E-state index in [4.69, 9.17) is 55.9 Å². The van der Waals surface area contributed by atoms with E-state index in [9.17, 15) is 5.11 Å². The maximum Gasteiger partial charge on any atom is 0.185 e. The van der Waals surface area contributed by atoms with Gasteiger partial charge in [-0.1, -0.05) is 82.8 Å². The molecule has 0 aliphatic carbocycles. The predicted octanol–water partition coefficient (Wildman–Crippen LogP) is 7.31. The summed E-state index contributed by atoms with van der Waals surface area (Å²) in [5.41, 5.74) is 2.21. The second-order valence-corrected chi connectivity index (χ2v) is 7.63. The van der Waals surface area contributed by atoms with Crippen LogP contribution in [0.3, 0.4) is 0 Å². The second-order valence-electron chi connectivity index (χ2n) is 6.11. The van der Waals surface area contributed by atoms with Gasteiger partial charge in [-0.2, -0.15) is 0 Å². The SMILES string of the molecule is CCO[C@@H]1O[C@@H](c2c(Cl)c(Cl)c(O)c(Cl)c2Cl)c2cccc3cccc1c23. The average Bonchev–Trinajstić information content (AvgIpc) is 2.68. The summed E-state index contributed by atoms with van der Waals surface area (Å²) in [6.07, 6.45) is -1.26. The van der Waals surface area contributed by atoms with Crippen LogP contribution in [-0.4, -0.2) is 11.7 Å². The van der Waals surface area contributed by atoms with Gasteiger partial charge < -0.3 is 14.6 Å². The van der Waals surface area contributed by atoms with Crippen molar-refractivity contribution in [1.29, 1.82) is 0 Å². The van der Waals surface area contributed by atoms with Crippen LogP contribution in [0.5, 0.6) is 5.75 Å². The molecule has 3 aromatic rings. The highest BCUT2D eigenvalue weighted by molar-refractivity contribution is 6.49. The van der Waals surface area contributed by atoms with Gasteiger partial charge in [-0.25, -0.2) is 0 Å². The van der Waals surface area contributed by atoms with Gasteiger partial charge in [-0.05, 0) is 23.3 Å². The first kappa shape index (κ1) is 19.1. The summed E-state index contributed by atoms with van der Waals surface area (Å²) in [7, 11) is 0. The summed E-state index contributed by atoms with van der Waals surface area (Å²) in [5, 5.41) is 12.2. The highest BCUT2D eigenvalue weighted by Crippen LogP contribution is 2.52. The molecule has 0 aromatic heterocycles. The van der Waals surface area contributed by atoms with E-state index in [1.54, 1.807) is 0 Å². The first-order chi connectivity index (χ1) is 13.0. The second kappa shape index (κ2) is 7.32. The third kappa shape index (κ3) is 2.98. The Labute approximate surface area is 176 Å². The molecule has 0 fully saturated rings. The highest BCUT2D eigenvalue weighted by Gasteiger charge is 2.35. The molecule has 3 nitrogen and oxygen atoms in total. The molecule has 0 bridgehead atoms. The average molecular weight is 444 g/mol. The topological polar surface area (TPSA) is 38.7 Å². The summed E-state index contributed by atoms with van der Waals surface area (Å²) in [4.78, 5) is 0. The monoisotopic (exact) mass is 442 g/mol. The summed E-state index contributed by atoms with van der Waals surface area (Å²) in [6, 6.07) is 11.9. The van der Waals surface area contributed by atoms with Crippen LogP contribution in [0.25, 0.3) is 10.8 Å². The van der Waals surface area contributed by atoms with Gasteiger partial charge in [-0.15, -0.1) is 0 Å². The van der Waals surface area contributed by atoms with Crippen molar-refractivity contribution in [2.75, 3.05) is 6.61 Å². The first-order valence-corrected chi connectivity index (χ1v) is 9.80. The maximum absolute atomic E-state index is 10.0. The lowest BCUT2D eigenvalue weighted by atomic mass is 9.90. The van der Waals surface area contributed by atoms with Crippen molar-refractivity contribution in [1.82, 2.24) is 0 Å². The number of rotatable bonds is 3. The molecule has 2 atom stereocenters. The van der Waals surface area contributed by atoms with Gasteiger partial charge >= 0.3 is 0 Å². The molecule has 3 aromatic carbocycles. The standard InChI is InChI=1S/C20H14Cl4O3/c1-2-26-20-11-8-4-6-9-5-3-7-10(12(9)11)19(27-20)13-14(21)16(23)18(25)17(24)15(13)22/h3-8,19-20,25H,2H2,1H3/t19-,20-/m1/s1. The normalized spacial score (nSPS) is 18.9. The smallest absolute Gasteiger partial charge is 0.185 e. The van der Waals surface area contributed by atoms with Crippen LogP contribution in [0.1, 0.15) is 36.0 Å². The third-order valence-corrected chi connectivity index (χ3v) is 6.33. The van der Waals surface area contributed by atoms with Gasteiger partial charge in [0.2, 0.25) is 0 Å². The van der Waals surface area contributed by atoms with E-state index in [0.29, 0.717) is 12.2 Å². The minimum absolute atomic E-state index is 0.0661. The summed E-state index contributed by atoms with van der Waals surface area (Å²) in [5.74, 6) is -0.354. The Morgan fingerprint density at radius 3 is 2.11 bits per heavy atom. The van der Waals surface area contributed by atoms with E-state index >= 15 is 0 Å². The third-order valence-electron chi connectivity index (χ3n) is 4.62. The number of benzene rings is 3. The molecule has 1 N–H and O–H groups in total. The Balaban J connectivity index is 2.03. The fraction of sp³-hybridized carbons (Fsp3) is 0.200. The zero-order valence-electron chi connectivity index (χ0n) is 14.1. The van der Waals surface area contributed by atoms with Crippen LogP contribution in [-0.2, 0) is 9.47 Å². The van der Waals surface area contributed by atoms with E-state index < -0.39 is 12.4 Å². The van der Waals surface area contributed by atoms with E-state index in [0.717, 1.165) is 21.9 Å². The molecule has 1 heterocycles. The Hall–Kier alpha value is -1.20. The van der Waals surface area contributed by atoms with Crippen molar-refractivity contribution in [3.8, 4) is 5.75 Å². The molecule has 1 aliphatic heterocycles.